The molecule has 4 heteroatoms. The predicted octanol–water partition coefficient (Wildman–Crippen LogP) is 4.50. The first-order valence-corrected chi connectivity index (χ1v) is 10.6. The van der Waals surface area contributed by atoms with Gasteiger partial charge >= 0.3 is 5.97 Å². The van der Waals surface area contributed by atoms with Gasteiger partial charge in [0.2, 0.25) is 0 Å². The number of fused-ring (bicyclic) bond motifs is 8. The van der Waals surface area contributed by atoms with Gasteiger partial charge in [-0.2, -0.15) is 0 Å². The van der Waals surface area contributed by atoms with Crippen LogP contribution in [0.2, 0.25) is 0 Å². The van der Waals surface area contributed by atoms with Crippen molar-refractivity contribution in [2.45, 2.75) is 109 Å². The van der Waals surface area contributed by atoms with Crippen molar-refractivity contribution in [2.75, 3.05) is 0 Å². The lowest BCUT2D eigenvalue weighted by atomic mass is 9.56. The van der Waals surface area contributed by atoms with E-state index < -0.39 is 5.60 Å². The zero-order chi connectivity index (χ0) is 18.9. The molecular weight excluding hydrogens is 328 g/mol. The van der Waals surface area contributed by atoms with E-state index in [4.69, 9.17) is 14.2 Å². The van der Waals surface area contributed by atoms with E-state index in [-0.39, 0.29) is 35.3 Å². The fourth-order valence-corrected chi connectivity index (χ4v) is 7.10. The van der Waals surface area contributed by atoms with Crippen LogP contribution >= 0.6 is 0 Å². The van der Waals surface area contributed by atoms with Gasteiger partial charge in [-0.1, -0.05) is 13.8 Å². The quantitative estimate of drug-likeness (QED) is 0.677. The van der Waals surface area contributed by atoms with Gasteiger partial charge in [0.15, 0.2) is 0 Å². The zero-order valence-corrected chi connectivity index (χ0v) is 17.3. The first kappa shape index (κ1) is 18.7. The molecule has 0 N–H and O–H groups in total. The molecular formula is C22H36O4. The highest BCUT2D eigenvalue weighted by atomic mass is 16.6. The minimum absolute atomic E-state index is 0.112. The van der Waals surface area contributed by atoms with Crippen LogP contribution < -0.4 is 0 Å². The summed E-state index contributed by atoms with van der Waals surface area (Å²) in [6.45, 7) is 12.9. The van der Waals surface area contributed by atoms with Gasteiger partial charge in [0.1, 0.15) is 5.60 Å². The van der Waals surface area contributed by atoms with E-state index in [9.17, 15) is 4.79 Å². The monoisotopic (exact) mass is 364 g/mol. The van der Waals surface area contributed by atoms with E-state index in [0.717, 1.165) is 32.1 Å². The Morgan fingerprint density at radius 1 is 1.15 bits per heavy atom. The van der Waals surface area contributed by atoms with Gasteiger partial charge in [0.25, 0.3) is 0 Å². The molecule has 3 saturated heterocycles. The predicted molar refractivity (Wildman–Crippen MR) is 99.7 cm³/mol. The van der Waals surface area contributed by atoms with Crippen LogP contribution in [0.3, 0.4) is 0 Å². The Hall–Kier alpha value is -0.610. The summed E-state index contributed by atoms with van der Waals surface area (Å²) < 4.78 is 19.5. The van der Waals surface area contributed by atoms with Crippen molar-refractivity contribution in [3.63, 3.8) is 0 Å². The molecule has 4 nitrogen and oxygen atoms in total. The van der Waals surface area contributed by atoms with Gasteiger partial charge in [-0.3, -0.25) is 4.79 Å². The molecule has 3 heterocycles. The summed E-state index contributed by atoms with van der Waals surface area (Å²) >= 11 is 0. The number of carbonyl (C=O) groups excluding carboxylic acids is 1. The van der Waals surface area contributed by atoms with Gasteiger partial charge in [0.05, 0.1) is 23.4 Å². The van der Waals surface area contributed by atoms with Crippen molar-refractivity contribution < 1.29 is 19.0 Å². The summed E-state index contributed by atoms with van der Waals surface area (Å²) in [5.41, 5.74) is -0.748. The number of hydrogen-bond donors (Lipinski definition) is 0. The normalized spacial score (nSPS) is 53.1. The Labute approximate surface area is 158 Å². The molecule has 1 saturated carbocycles. The van der Waals surface area contributed by atoms with E-state index in [2.05, 4.69) is 34.6 Å². The van der Waals surface area contributed by atoms with Crippen LogP contribution in [0.1, 0.15) is 80.1 Å². The first-order valence-electron chi connectivity index (χ1n) is 10.6. The standard InChI is InChI=1S/C22H36O4/c1-13(2)15-8-11-21(5,25-14(3)23)18-16-12-20(4)9-7-10-22(6,26-20)19(24-16)17(15)18/h13,15-19H,7-12H2,1-6H3/t15-,16-,17-,18-,19-,20?,21-,22?/m1/s1. The third-order valence-corrected chi connectivity index (χ3v) is 7.99. The highest BCUT2D eigenvalue weighted by Gasteiger charge is 2.67. The number of ether oxygens (including phenoxy) is 3. The van der Waals surface area contributed by atoms with E-state index in [1.165, 1.54) is 6.42 Å². The lowest BCUT2D eigenvalue weighted by Gasteiger charge is -2.55. The van der Waals surface area contributed by atoms with Crippen molar-refractivity contribution in [1.29, 1.82) is 0 Å². The molecule has 2 unspecified atom stereocenters. The fraction of sp³-hybridized carbons (Fsp3) is 0.955. The largest absolute Gasteiger partial charge is 0.459 e. The van der Waals surface area contributed by atoms with Crippen molar-refractivity contribution >= 4 is 5.97 Å². The summed E-state index contributed by atoms with van der Waals surface area (Å²) in [7, 11) is 0. The highest BCUT2D eigenvalue weighted by Crippen LogP contribution is 2.61. The molecule has 4 bridgehead atoms. The molecule has 0 spiro atoms. The Morgan fingerprint density at radius 2 is 1.88 bits per heavy atom. The second-order valence-corrected chi connectivity index (χ2v) is 10.5. The fourth-order valence-electron chi connectivity index (χ4n) is 7.10. The van der Waals surface area contributed by atoms with Gasteiger partial charge < -0.3 is 14.2 Å². The van der Waals surface area contributed by atoms with Crippen LogP contribution in [0.15, 0.2) is 0 Å². The number of esters is 1. The average Bonchev–Trinajstić information content (AvgIpc) is 2.83. The van der Waals surface area contributed by atoms with Crippen LogP contribution in [0.25, 0.3) is 0 Å². The number of carbonyl (C=O) groups is 1. The van der Waals surface area contributed by atoms with Crippen LogP contribution in [0.5, 0.6) is 0 Å². The Balaban J connectivity index is 1.78. The Morgan fingerprint density at radius 3 is 2.54 bits per heavy atom. The topological polar surface area (TPSA) is 44.8 Å². The minimum atomic E-state index is -0.417. The van der Waals surface area contributed by atoms with E-state index in [1.807, 2.05) is 0 Å². The molecule has 0 radical (unpaired) electrons. The second-order valence-electron chi connectivity index (χ2n) is 10.5. The smallest absolute Gasteiger partial charge is 0.303 e. The Kier molecular flexibility index (Phi) is 4.28. The second kappa shape index (κ2) is 5.94. The van der Waals surface area contributed by atoms with Crippen molar-refractivity contribution in [3.8, 4) is 0 Å². The summed E-state index contributed by atoms with van der Waals surface area (Å²) in [6, 6.07) is 0. The molecule has 4 aliphatic rings. The maximum absolute atomic E-state index is 11.9. The lowest BCUT2D eigenvalue weighted by molar-refractivity contribution is -0.219. The molecule has 148 valence electrons. The van der Waals surface area contributed by atoms with Crippen molar-refractivity contribution in [1.82, 2.24) is 0 Å². The summed E-state index contributed by atoms with van der Waals surface area (Å²) in [5, 5.41) is 0. The number of hydrogen-bond acceptors (Lipinski definition) is 4. The lowest BCUT2D eigenvalue weighted by Crippen LogP contribution is -2.60. The molecule has 3 aliphatic heterocycles. The highest BCUT2D eigenvalue weighted by molar-refractivity contribution is 5.66. The van der Waals surface area contributed by atoms with Gasteiger partial charge in [0, 0.05) is 25.2 Å². The van der Waals surface area contributed by atoms with Crippen LogP contribution in [0.4, 0.5) is 0 Å². The SMILES string of the molecule is CC(=O)O[C@]1(C)CC[C@H](C(C)C)[C@@H]2[C@H]1[C@H]1CC3(C)CCCC(C)(O3)[C@@H]2O1. The molecule has 4 rings (SSSR count). The van der Waals surface area contributed by atoms with Crippen molar-refractivity contribution in [2.24, 2.45) is 23.7 Å². The average molecular weight is 365 g/mol. The third-order valence-electron chi connectivity index (χ3n) is 7.99. The molecule has 26 heavy (non-hydrogen) atoms. The van der Waals surface area contributed by atoms with Crippen molar-refractivity contribution in [3.05, 3.63) is 0 Å². The summed E-state index contributed by atoms with van der Waals surface area (Å²) in [6.07, 6.45) is 6.58. The summed E-state index contributed by atoms with van der Waals surface area (Å²) in [5.74, 6) is 1.73. The van der Waals surface area contributed by atoms with Crippen LogP contribution in [-0.4, -0.2) is 35.0 Å². The van der Waals surface area contributed by atoms with Gasteiger partial charge in [-0.15, -0.1) is 0 Å². The molecule has 8 atom stereocenters. The molecule has 0 amide bonds. The molecule has 4 fully saturated rings. The first-order chi connectivity index (χ1) is 12.1. The van der Waals surface area contributed by atoms with E-state index >= 15 is 0 Å². The van der Waals surface area contributed by atoms with Gasteiger partial charge in [-0.05, 0) is 64.7 Å². The Bertz CT molecular complexity index is 589. The van der Waals surface area contributed by atoms with Crippen LogP contribution in [-0.2, 0) is 19.0 Å². The maximum Gasteiger partial charge on any atom is 0.303 e. The molecule has 0 aromatic heterocycles. The van der Waals surface area contributed by atoms with Crippen LogP contribution in [0, 0.1) is 23.7 Å². The van der Waals surface area contributed by atoms with Gasteiger partial charge in [-0.25, -0.2) is 0 Å². The zero-order valence-electron chi connectivity index (χ0n) is 17.3. The molecule has 1 aliphatic carbocycles. The molecule has 0 aromatic rings. The minimum Gasteiger partial charge on any atom is -0.459 e. The van der Waals surface area contributed by atoms with E-state index in [0.29, 0.717) is 17.8 Å². The maximum atomic E-state index is 11.9. The number of rotatable bonds is 2. The third kappa shape index (κ3) is 2.74. The molecule has 0 aromatic carbocycles. The van der Waals surface area contributed by atoms with E-state index in [1.54, 1.807) is 6.92 Å². The summed E-state index contributed by atoms with van der Waals surface area (Å²) in [4.78, 5) is 11.9.